The summed E-state index contributed by atoms with van der Waals surface area (Å²) in [6.07, 6.45) is 0. The zero-order chi connectivity index (χ0) is 47.4. The fourth-order valence-corrected chi connectivity index (χ4v) is 13.8. The summed E-state index contributed by atoms with van der Waals surface area (Å²) >= 11 is 1.75. The van der Waals surface area contributed by atoms with Crippen LogP contribution in [0.4, 0.5) is 17.1 Å². The molecule has 2 nitrogen and oxygen atoms in total. The maximum Gasteiger partial charge on any atom is 0.124 e. The zero-order valence-corrected chi connectivity index (χ0v) is 40.0. The molecule has 0 amide bonds. The van der Waals surface area contributed by atoms with Gasteiger partial charge in [-0.05, 0) is 131 Å². The Morgan fingerprint density at radius 1 is 0.292 bits per heavy atom. The molecule has 3 aliphatic rings. The minimum absolute atomic E-state index is 0.486. The highest BCUT2D eigenvalue weighted by atomic mass is 32.1. The van der Waals surface area contributed by atoms with Crippen LogP contribution >= 0.6 is 11.3 Å². The van der Waals surface area contributed by atoms with Crippen molar-refractivity contribution >= 4 is 38.6 Å². The van der Waals surface area contributed by atoms with Crippen LogP contribution in [-0.2, 0) is 10.8 Å². The molecule has 0 fully saturated rings. The minimum Gasteiger partial charge on any atom is -0.310 e. The third kappa shape index (κ3) is 5.74. The summed E-state index contributed by atoms with van der Waals surface area (Å²) < 4.78 is 1.15. The molecule has 0 bridgehead atoms. The van der Waals surface area contributed by atoms with E-state index in [1.54, 1.807) is 11.3 Å². The van der Waals surface area contributed by atoms with E-state index in [0.29, 0.717) is 0 Å². The molecule has 3 aliphatic carbocycles. The molecule has 1 spiro atoms. The number of hydrogen-bond donors (Lipinski definition) is 0. The normalized spacial score (nSPS) is 13.8. The Balaban J connectivity index is 0.964. The van der Waals surface area contributed by atoms with Gasteiger partial charge >= 0.3 is 0 Å². The van der Waals surface area contributed by atoms with E-state index in [2.05, 4.69) is 272 Å². The van der Waals surface area contributed by atoms with Crippen LogP contribution in [0.5, 0.6) is 0 Å². The Labute approximate surface area is 423 Å². The average Bonchev–Trinajstić information content (AvgIpc) is 4.19. The van der Waals surface area contributed by atoms with E-state index in [9.17, 15) is 0 Å². The molecule has 1 heterocycles. The van der Waals surface area contributed by atoms with Gasteiger partial charge < -0.3 is 4.90 Å². The summed E-state index contributed by atoms with van der Waals surface area (Å²) in [6.45, 7) is 0. The first-order valence-corrected chi connectivity index (χ1v) is 25.7. The van der Waals surface area contributed by atoms with Crippen LogP contribution in [0.1, 0.15) is 44.5 Å². The molecule has 0 radical (unpaired) electrons. The molecular formula is C69H44N2S. The Morgan fingerprint density at radius 3 is 1.18 bits per heavy atom. The van der Waals surface area contributed by atoms with E-state index in [1.807, 2.05) is 0 Å². The van der Waals surface area contributed by atoms with E-state index in [1.165, 1.54) is 89.0 Å². The predicted octanol–water partition coefficient (Wildman–Crippen LogP) is 17.8. The van der Waals surface area contributed by atoms with Crippen LogP contribution < -0.4 is 4.90 Å². The molecule has 336 valence electrons. The second-order valence-corrected chi connectivity index (χ2v) is 20.4. The number of aromatic nitrogens is 1. The SMILES string of the molecule is c1ccc(-c2ccc(-c3nc4cc(N(c5ccc6c(c5)C(c5ccccc5)(c5ccccc5)c5ccccc5-6)c5ccc6c(c5)C5(c7ccccc7-c7ccccc75)c5ccccc5-6)ccc4s3)cc2)cc1. The Bertz CT molecular complexity index is 3890. The van der Waals surface area contributed by atoms with Crippen molar-refractivity contribution < 1.29 is 0 Å². The predicted molar refractivity (Wildman–Crippen MR) is 299 cm³/mol. The standard InChI is InChI=1S/C69H44N2S/c1-4-18-45(19-5-1)46-32-34-47(35-33-46)67-70-65-44-52(38-41-66(65)72-67)71(50-36-39-57-55-26-10-14-28-59(55)68(63(57)42-50,48-20-6-2-7-21-48)49-22-8-3-9-23-49)51-37-40-58-56-27-13-17-31-62(56)69(64(58)43-51)60-29-15-11-24-53(60)54-25-12-16-30-61(54)69/h1-44H. The quantitative estimate of drug-likeness (QED) is 0.158. The van der Waals surface area contributed by atoms with E-state index >= 15 is 0 Å². The van der Waals surface area contributed by atoms with Crippen molar-refractivity contribution in [1.29, 1.82) is 0 Å². The molecular weight excluding hydrogens is 889 g/mol. The van der Waals surface area contributed by atoms with Crippen LogP contribution in [0.25, 0.3) is 65.3 Å². The second kappa shape index (κ2) is 15.8. The summed E-state index contributed by atoms with van der Waals surface area (Å²) in [5.74, 6) is 0. The zero-order valence-electron chi connectivity index (χ0n) is 39.2. The lowest BCUT2D eigenvalue weighted by atomic mass is 9.67. The maximum atomic E-state index is 5.39. The Kier molecular flexibility index (Phi) is 8.99. The minimum atomic E-state index is -0.555. The van der Waals surface area contributed by atoms with Gasteiger partial charge in [0.25, 0.3) is 0 Å². The highest BCUT2D eigenvalue weighted by Gasteiger charge is 2.52. The largest absolute Gasteiger partial charge is 0.310 e. The van der Waals surface area contributed by atoms with Gasteiger partial charge in [-0.25, -0.2) is 4.98 Å². The van der Waals surface area contributed by atoms with Gasteiger partial charge in [-0.15, -0.1) is 11.3 Å². The van der Waals surface area contributed by atoms with Gasteiger partial charge in [0, 0.05) is 22.6 Å². The molecule has 0 atom stereocenters. The molecule has 0 N–H and O–H groups in total. The first-order chi connectivity index (χ1) is 35.7. The molecule has 72 heavy (non-hydrogen) atoms. The molecule has 0 saturated carbocycles. The number of nitrogens with zero attached hydrogens (tertiary/aromatic N) is 2. The summed E-state index contributed by atoms with van der Waals surface area (Å²) in [5.41, 5.74) is 24.7. The number of fused-ring (bicyclic) bond motifs is 14. The first kappa shape index (κ1) is 40.9. The van der Waals surface area contributed by atoms with Crippen LogP contribution in [-0.4, -0.2) is 4.98 Å². The van der Waals surface area contributed by atoms with Crippen molar-refractivity contribution in [1.82, 2.24) is 4.98 Å². The van der Waals surface area contributed by atoms with Gasteiger partial charge in [0.2, 0.25) is 0 Å². The van der Waals surface area contributed by atoms with E-state index in [-0.39, 0.29) is 0 Å². The topological polar surface area (TPSA) is 16.1 Å². The highest BCUT2D eigenvalue weighted by molar-refractivity contribution is 7.21. The second-order valence-electron chi connectivity index (χ2n) is 19.3. The lowest BCUT2D eigenvalue weighted by molar-refractivity contribution is 0.768. The maximum absolute atomic E-state index is 5.39. The number of anilines is 3. The van der Waals surface area contributed by atoms with Crippen LogP contribution in [0.2, 0.25) is 0 Å². The van der Waals surface area contributed by atoms with Crippen molar-refractivity contribution in [2.24, 2.45) is 0 Å². The number of thiazole rings is 1. The highest BCUT2D eigenvalue weighted by Crippen LogP contribution is 2.64. The van der Waals surface area contributed by atoms with Crippen molar-refractivity contribution in [3.8, 4) is 55.1 Å². The number of rotatable bonds is 7. The van der Waals surface area contributed by atoms with Gasteiger partial charge in [-0.2, -0.15) is 0 Å². The van der Waals surface area contributed by atoms with E-state index in [0.717, 1.165) is 37.8 Å². The third-order valence-electron chi connectivity index (χ3n) is 15.8. The van der Waals surface area contributed by atoms with Gasteiger partial charge in [-0.3, -0.25) is 0 Å². The van der Waals surface area contributed by atoms with Gasteiger partial charge in [-0.1, -0.05) is 224 Å². The van der Waals surface area contributed by atoms with Gasteiger partial charge in [0.15, 0.2) is 0 Å². The molecule has 0 saturated heterocycles. The molecule has 3 heteroatoms. The van der Waals surface area contributed by atoms with Crippen LogP contribution in [0.15, 0.2) is 267 Å². The lowest BCUT2D eigenvalue weighted by Crippen LogP contribution is -2.28. The molecule has 0 aliphatic heterocycles. The van der Waals surface area contributed by atoms with E-state index in [4.69, 9.17) is 4.98 Å². The first-order valence-electron chi connectivity index (χ1n) is 24.9. The monoisotopic (exact) mass is 932 g/mol. The summed E-state index contributed by atoms with van der Waals surface area (Å²) in [6, 6.07) is 99.2. The van der Waals surface area contributed by atoms with Gasteiger partial charge in [0.1, 0.15) is 5.01 Å². The fourth-order valence-electron chi connectivity index (χ4n) is 12.9. The molecule has 0 unspecified atom stereocenters. The van der Waals surface area contributed by atoms with Crippen molar-refractivity contribution in [3.05, 3.63) is 311 Å². The Hall–Kier alpha value is -8.89. The molecule has 12 aromatic rings. The summed E-state index contributed by atoms with van der Waals surface area (Å²) in [4.78, 5) is 7.87. The Morgan fingerprint density at radius 2 is 0.667 bits per heavy atom. The molecule has 1 aromatic heterocycles. The number of hydrogen-bond acceptors (Lipinski definition) is 3. The van der Waals surface area contributed by atoms with Crippen LogP contribution in [0.3, 0.4) is 0 Å². The van der Waals surface area contributed by atoms with Crippen molar-refractivity contribution in [2.45, 2.75) is 10.8 Å². The molecule has 15 rings (SSSR count). The third-order valence-corrected chi connectivity index (χ3v) is 16.9. The van der Waals surface area contributed by atoms with Crippen molar-refractivity contribution in [2.75, 3.05) is 4.90 Å². The molecule has 11 aromatic carbocycles. The lowest BCUT2D eigenvalue weighted by Gasteiger charge is -2.35. The number of benzene rings is 11. The average molecular weight is 933 g/mol. The van der Waals surface area contributed by atoms with Crippen molar-refractivity contribution in [3.63, 3.8) is 0 Å². The van der Waals surface area contributed by atoms with E-state index < -0.39 is 10.8 Å². The summed E-state index contributed by atoms with van der Waals surface area (Å²) in [7, 11) is 0. The summed E-state index contributed by atoms with van der Waals surface area (Å²) in [5, 5.41) is 1.01. The smallest absolute Gasteiger partial charge is 0.124 e. The fraction of sp³-hybridized carbons (Fsp3) is 0.0290. The van der Waals surface area contributed by atoms with Crippen LogP contribution in [0, 0.1) is 0 Å². The van der Waals surface area contributed by atoms with Gasteiger partial charge in [0.05, 0.1) is 21.0 Å².